The van der Waals surface area contributed by atoms with E-state index >= 15 is 0 Å². The highest BCUT2D eigenvalue weighted by atomic mass is 35.5. The highest BCUT2D eigenvalue weighted by Crippen LogP contribution is 2.21. The summed E-state index contributed by atoms with van der Waals surface area (Å²) in [5.41, 5.74) is 1.28. The molecule has 1 heterocycles. The molecule has 0 saturated carbocycles. The first-order valence-corrected chi connectivity index (χ1v) is 8.85. The molecule has 0 atom stereocenters. The number of rotatable bonds is 6. The van der Waals surface area contributed by atoms with E-state index in [4.69, 9.17) is 16.3 Å². The topological polar surface area (TPSA) is 68.3 Å². The Bertz CT molecular complexity index is 877. The van der Waals surface area contributed by atoms with Crippen LogP contribution in [0.1, 0.15) is 15.4 Å². The summed E-state index contributed by atoms with van der Waals surface area (Å²) in [6.07, 6.45) is 0.632. The predicted molar refractivity (Wildman–Crippen MR) is 98.1 cm³/mol. The van der Waals surface area contributed by atoms with Crippen molar-refractivity contribution in [2.45, 2.75) is 6.42 Å². The number of thiazole rings is 1. The first-order chi connectivity index (χ1) is 12.1. The number of ether oxygens (including phenoxy) is 1. The van der Waals surface area contributed by atoms with Gasteiger partial charge in [0.05, 0.1) is 20.8 Å². The molecule has 0 aliphatic rings. The van der Waals surface area contributed by atoms with Crippen molar-refractivity contribution < 1.29 is 14.3 Å². The Labute approximate surface area is 153 Å². The third kappa shape index (κ3) is 4.78. The zero-order valence-corrected chi connectivity index (χ0v) is 14.8. The van der Waals surface area contributed by atoms with Crippen molar-refractivity contribution >= 4 is 45.0 Å². The molecular formula is C18H15ClN2O3S. The van der Waals surface area contributed by atoms with E-state index in [1.165, 1.54) is 6.07 Å². The lowest BCUT2D eigenvalue weighted by Gasteiger charge is -2.06. The maximum Gasteiger partial charge on any atom is 0.338 e. The number of nitrogens with zero attached hydrogens (tertiary/aromatic N) is 1. The molecule has 0 spiro atoms. The summed E-state index contributed by atoms with van der Waals surface area (Å²) < 4.78 is 6.10. The molecule has 3 rings (SSSR count). The summed E-state index contributed by atoms with van der Waals surface area (Å²) in [7, 11) is 0. The third-order valence-electron chi connectivity index (χ3n) is 3.39. The number of nitrogens with one attached hydrogen (secondary N) is 1. The number of carbonyl (C=O) groups is 2. The lowest BCUT2D eigenvalue weighted by molar-refractivity contribution is -0.124. The molecule has 128 valence electrons. The van der Waals surface area contributed by atoms with Crippen molar-refractivity contribution in [2.75, 3.05) is 13.2 Å². The fourth-order valence-electron chi connectivity index (χ4n) is 2.22. The van der Waals surface area contributed by atoms with Gasteiger partial charge < -0.3 is 10.1 Å². The highest BCUT2D eigenvalue weighted by molar-refractivity contribution is 7.18. The Hall–Kier alpha value is -2.44. The van der Waals surface area contributed by atoms with Gasteiger partial charge in [-0.1, -0.05) is 29.8 Å². The minimum absolute atomic E-state index is 0.315. The molecule has 2 aromatic carbocycles. The van der Waals surface area contributed by atoms with Gasteiger partial charge in [-0.25, -0.2) is 9.78 Å². The molecule has 0 fully saturated rings. The van der Waals surface area contributed by atoms with Crippen LogP contribution in [0.3, 0.4) is 0 Å². The maximum absolute atomic E-state index is 11.8. The van der Waals surface area contributed by atoms with E-state index in [0.29, 0.717) is 23.6 Å². The largest absolute Gasteiger partial charge is 0.452 e. The van der Waals surface area contributed by atoms with Gasteiger partial charge in [0, 0.05) is 18.0 Å². The van der Waals surface area contributed by atoms with Crippen molar-refractivity contribution in [3.05, 3.63) is 64.1 Å². The SMILES string of the molecule is O=C(COC(=O)c1cccc(Cl)c1)NCCc1nc2ccccc2s1. The minimum atomic E-state index is -0.580. The molecule has 0 aliphatic carbocycles. The van der Waals surface area contributed by atoms with E-state index in [2.05, 4.69) is 10.3 Å². The fourth-order valence-corrected chi connectivity index (χ4v) is 3.37. The first kappa shape index (κ1) is 17.4. The Balaban J connectivity index is 1.42. The number of fused-ring (bicyclic) bond motifs is 1. The average Bonchev–Trinajstić information content (AvgIpc) is 3.02. The van der Waals surface area contributed by atoms with Crippen LogP contribution in [-0.2, 0) is 16.0 Å². The van der Waals surface area contributed by atoms with Crippen LogP contribution in [0, 0.1) is 0 Å². The number of carbonyl (C=O) groups excluding carboxylic acids is 2. The number of hydrogen-bond acceptors (Lipinski definition) is 5. The number of esters is 1. The summed E-state index contributed by atoms with van der Waals surface area (Å²) in [5, 5.41) is 4.11. The number of para-hydroxylation sites is 1. The van der Waals surface area contributed by atoms with Crippen molar-refractivity contribution in [1.82, 2.24) is 10.3 Å². The van der Waals surface area contributed by atoms with Crippen LogP contribution < -0.4 is 5.32 Å². The minimum Gasteiger partial charge on any atom is -0.452 e. The van der Waals surface area contributed by atoms with E-state index in [1.54, 1.807) is 29.5 Å². The smallest absolute Gasteiger partial charge is 0.338 e. The molecule has 0 bridgehead atoms. The van der Waals surface area contributed by atoms with Crippen molar-refractivity contribution in [3.8, 4) is 0 Å². The summed E-state index contributed by atoms with van der Waals surface area (Å²) in [5.74, 6) is -0.930. The molecule has 0 radical (unpaired) electrons. The molecule has 7 heteroatoms. The van der Waals surface area contributed by atoms with Crippen LogP contribution >= 0.6 is 22.9 Å². The normalized spacial score (nSPS) is 10.6. The highest BCUT2D eigenvalue weighted by Gasteiger charge is 2.10. The average molecular weight is 375 g/mol. The van der Waals surface area contributed by atoms with Gasteiger partial charge in [-0.05, 0) is 30.3 Å². The second-order valence-electron chi connectivity index (χ2n) is 5.26. The maximum atomic E-state index is 11.8. The van der Waals surface area contributed by atoms with Crippen molar-refractivity contribution in [1.29, 1.82) is 0 Å². The van der Waals surface area contributed by atoms with Gasteiger partial charge in [0.15, 0.2) is 6.61 Å². The van der Waals surface area contributed by atoms with E-state index in [0.717, 1.165) is 15.2 Å². The summed E-state index contributed by atoms with van der Waals surface area (Å²) >= 11 is 7.42. The van der Waals surface area contributed by atoms with Gasteiger partial charge in [0.2, 0.25) is 0 Å². The van der Waals surface area contributed by atoms with Crippen LogP contribution in [-0.4, -0.2) is 30.0 Å². The van der Waals surface area contributed by atoms with Crippen LogP contribution in [0.5, 0.6) is 0 Å². The fraction of sp³-hybridized carbons (Fsp3) is 0.167. The summed E-state index contributed by atoms with van der Waals surface area (Å²) in [6.45, 7) is 0.110. The number of aromatic nitrogens is 1. The van der Waals surface area contributed by atoms with E-state index in [-0.39, 0.29) is 12.5 Å². The molecule has 1 N–H and O–H groups in total. The second kappa shape index (κ2) is 8.09. The Morgan fingerprint density at radius 2 is 2.00 bits per heavy atom. The van der Waals surface area contributed by atoms with Crippen LogP contribution in [0.2, 0.25) is 5.02 Å². The molecule has 1 amide bonds. The lowest BCUT2D eigenvalue weighted by Crippen LogP contribution is -2.30. The van der Waals surface area contributed by atoms with Crippen molar-refractivity contribution in [3.63, 3.8) is 0 Å². The van der Waals surface area contributed by atoms with E-state index in [9.17, 15) is 9.59 Å². The number of benzene rings is 2. The number of hydrogen-bond donors (Lipinski definition) is 1. The Morgan fingerprint density at radius 3 is 2.80 bits per heavy atom. The Kier molecular flexibility index (Phi) is 5.63. The van der Waals surface area contributed by atoms with Gasteiger partial charge in [0.25, 0.3) is 5.91 Å². The molecule has 1 aromatic heterocycles. The zero-order valence-electron chi connectivity index (χ0n) is 13.2. The molecule has 0 aliphatic heterocycles. The van der Waals surface area contributed by atoms with Crippen LogP contribution in [0.4, 0.5) is 0 Å². The van der Waals surface area contributed by atoms with E-state index < -0.39 is 5.97 Å². The molecule has 5 nitrogen and oxygen atoms in total. The number of amides is 1. The van der Waals surface area contributed by atoms with Gasteiger partial charge >= 0.3 is 5.97 Å². The molecular weight excluding hydrogens is 360 g/mol. The lowest BCUT2D eigenvalue weighted by atomic mass is 10.2. The Morgan fingerprint density at radius 1 is 1.16 bits per heavy atom. The number of halogens is 1. The third-order valence-corrected chi connectivity index (χ3v) is 4.73. The standard InChI is InChI=1S/C18H15ClN2O3S/c19-13-5-3-4-12(10-13)18(23)24-11-16(22)20-9-8-17-21-14-6-1-2-7-15(14)25-17/h1-7,10H,8-9,11H2,(H,20,22). The van der Waals surface area contributed by atoms with Gasteiger partial charge in [-0.15, -0.1) is 11.3 Å². The van der Waals surface area contributed by atoms with Crippen LogP contribution in [0.25, 0.3) is 10.2 Å². The first-order valence-electron chi connectivity index (χ1n) is 7.65. The summed E-state index contributed by atoms with van der Waals surface area (Å²) in [6, 6.07) is 14.3. The summed E-state index contributed by atoms with van der Waals surface area (Å²) in [4.78, 5) is 28.1. The van der Waals surface area contributed by atoms with Gasteiger partial charge in [-0.2, -0.15) is 0 Å². The van der Waals surface area contributed by atoms with Gasteiger partial charge in [0.1, 0.15) is 0 Å². The molecule has 0 unspecified atom stereocenters. The molecule has 25 heavy (non-hydrogen) atoms. The predicted octanol–water partition coefficient (Wildman–Crippen LogP) is 3.47. The molecule has 0 saturated heterocycles. The molecule has 3 aromatic rings. The monoisotopic (exact) mass is 374 g/mol. The van der Waals surface area contributed by atoms with E-state index in [1.807, 2.05) is 24.3 Å². The van der Waals surface area contributed by atoms with Crippen molar-refractivity contribution in [2.24, 2.45) is 0 Å². The second-order valence-corrected chi connectivity index (χ2v) is 6.81. The quantitative estimate of drug-likeness (QED) is 0.671. The van der Waals surface area contributed by atoms with Crippen LogP contribution in [0.15, 0.2) is 48.5 Å². The zero-order chi connectivity index (χ0) is 17.6. The van der Waals surface area contributed by atoms with Gasteiger partial charge in [-0.3, -0.25) is 4.79 Å².